The summed E-state index contributed by atoms with van der Waals surface area (Å²) in [6, 6.07) is 2.69. The average molecular weight is 720 g/mol. The van der Waals surface area contributed by atoms with Crippen molar-refractivity contribution in [2.45, 2.75) is 109 Å². The van der Waals surface area contributed by atoms with Gasteiger partial charge in [0, 0.05) is 47.1 Å². The van der Waals surface area contributed by atoms with Crippen LogP contribution in [0.15, 0.2) is 6.07 Å². The van der Waals surface area contributed by atoms with Crippen LogP contribution >= 0.6 is 0 Å². The fraction of sp³-hybridized carbons (Fsp3) is 0.641. The lowest BCUT2D eigenvalue weighted by atomic mass is 9.74. The van der Waals surface area contributed by atoms with Crippen LogP contribution in [0.5, 0.6) is 11.9 Å². The molecule has 7 rings (SSSR count). The molecule has 4 aliphatic rings. The molecule has 13 heteroatoms. The number of nitrogens with one attached hydrogen (secondary N) is 1. The molecule has 0 spiro atoms. The summed E-state index contributed by atoms with van der Waals surface area (Å²) in [7, 11) is 1.47. The molecule has 1 aliphatic carbocycles. The first-order chi connectivity index (χ1) is 24.8. The van der Waals surface area contributed by atoms with E-state index in [2.05, 4.69) is 18.7 Å². The van der Waals surface area contributed by atoms with Gasteiger partial charge in [0.15, 0.2) is 5.82 Å². The van der Waals surface area contributed by atoms with Crippen LogP contribution in [-0.2, 0) is 9.47 Å². The Bertz CT molecular complexity index is 1830. The number of aryl methyl sites for hydroxylation is 1. The summed E-state index contributed by atoms with van der Waals surface area (Å²) in [5, 5.41) is 19.6. The number of nitrogens with zero attached hydrogens (tertiary/aromatic N) is 5. The lowest BCUT2D eigenvalue weighted by molar-refractivity contribution is -0.0967. The summed E-state index contributed by atoms with van der Waals surface area (Å²) >= 11 is 0. The number of nitrogens with two attached hydrogens (primary N) is 1. The quantitative estimate of drug-likeness (QED) is 0.197. The molecule has 12 nitrogen and oxygen atoms in total. The van der Waals surface area contributed by atoms with Gasteiger partial charge >= 0.3 is 6.01 Å². The average Bonchev–Trinajstić information content (AvgIpc) is 3.45. The highest BCUT2D eigenvalue weighted by molar-refractivity contribution is 6.01. The number of fused-ring (bicyclic) bond motifs is 2. The number of piperidine rings is 1. The predicted molar refractivity (Wildman–Crippen MR) is 199 cm³/mol. The molecule has 282 valence electrons. The number of methoxy groups -OCH3 is 1. The van der Waals surface area contributed by atoms with Gasteiger partial charge in [0.05, 0.1) is 45.7 Å². The number of anilines is 2. The number of hydrogen-bond donors (Lipinski definition) is 3. The zero-order valence-corrected chi connectivity index (χ0v) is 31.4. The van der Waals surface area contributed by atoms with Gasteiger partial charge in [-0.1, -0.05) is 6.42 Å². The number of likely N-dealkylation sites (tertiary alicyclic amines) is 1. The third-order valence-corrected chi connectivity index (χ3v) is 11.9. The van der Waals surface area contributed by atoms with E-state index in [1.807, 2.05) is 18.7 Å². The Morgan fingerprint density at radius 1 is 1.13 bits per heavy atom. The second-order valence-corrected chi connectivity index (χ2v) is 15.9. The van der Waals surface area contributed by atoms with Crippen molar-refractivity contribution < 1.29 is 28.4 Å². The van der Waals surface area contributed by atoms with Crippen LogP contribution in [0.4, 0.5) is 15.9 Å². The van der Waals surface area contributed by atoms with E-state index in [1.165, 1.54) is 7.11 Å². The van der Waals surface area contributed by atoms with Crippen LogP contribution in [-0.4, -0.2) is 108 Å². The van der Waals surface area contributed by atoms with Crippen LogP contribution in [0.3, 0.4) is 0 Å². The Hall–Kier alpha value is -3.65. The lowest BCUT2D eigenvalue weighted by Crippen LogP contribution is -2.57. The molecule has 0 radical (unpaired) electrons. The number of β-amino-alcohol motifs (C(OH)–C–C–N with tert-alkyl or cyclic N) is 1. The van der Waals surface area contributed by atoms with Crippen LogP contribution < -0.4 is 20.1 Å². The molecule has 52 heavy (non-hydrogen) atoms. The van der Waals surface area contributed by atoms with Gasteiger partial charge in [-0.3, -0.25) is 4.90 Å². The van der Waals surface area contributed by atoms with Crippen molar-refractivity contribution in [1.29, 1.82) is 5.41 Å². The number of aromatic nitrogens is 3. The lowest BCUT2D eigenvalue weighted by Gasteiger charge is -2.51. The molecule has 5 atom stereocenters. The normalized spacial score (nSPS) is 29.9. The fourth-order valence-electron chi connectivity index (χ4n) is 9.54. The Morgan fingerprint density at radius 3 is 2.62 bits per heavy atom. The van der Waals surface area contributed by atoms with Crippen LogP contribution in [0, 0.1) is 30.5 Å². The maximum atomic E-state index is 17.2. The van der Waals surface area contributed by atoms with E-state index in [0.717, 1.165) is 68.8 Å². The molecule has 5 unspecified atom stereocenters. The van der Waals surface area contributed by atoms with Gasteiger partial charge in [-0.05, 0) is 96.9 Å². The molecule has 5 heterocycles. The molecule has 1 saturated carbocycles. The largest absolute Gasteiger partial charge is 0.480 e. The first-order valence-corrected chi connectivity index (χ1v) is 18.8. The number of pyridine rings is 1. The summed E-state index contributed by atoms with van der Waals surface area (Å²) < 4.78 is 41.6. The maximum Gasteiger partial charge on any atom is 0.319 e. The summed E-state index contributed by atoms with van der Waals surface area (Å²) in [4.78, 5) is 19.0. The van der Waals surface area contributed by atoms with E-state index in [0.29, 0.717) is 54.5 Å². The van der Waals surface area contributed by atoms with Crippen LogP contribution in [0.25, 0.3) is 22.2 Å². The molecular weight excluding hydrogens is 665 g/mol. The van der Waals surface area contributed by atoms with Gasteiger partial charge in [0.25, 0.3) is 0 Å². The summed E-state index contributed by atoms with van der Waals surface area (Å²) in [6.07, 6.45) is 9.08. The molecule has 2 aromatic heterocycles. The van der Waals surface area contributed by atoms with Crippen molar-refractivity contribution >= 4 is 28.6 Å². The van der Waals surface area contributed by atoms with Crippen molar-refractivity contribution in [3.05, 3.63) is 28.6 Å². The summed E-state index contributed by atoms with van der Waals surface area (Å²) in [6.45, 7) is 12.4. The first kappa shape index (κ1) is 36.7. The standard InChI is InChI=1S/C39H54FN7O5/c1-22-15-28(42)27(18-41)30(25(22)4)33-32(40)34-31(36(43-33)49-6)35(46-13-14-50-20-38(5,48)19-46)45-37(44-34)51-21-39-10-7-9-29(39)47(12-8-11-39)26-16-23(2)52-24(3)17-26/h15,18,23-24,26,29,41,48H,7-14,16-17,19-21,42H2,1-6H3. The number of benzene rings is 1. The molecule has 1 aromatic carbocycles. The van der Waals surface area contributed by atoms with Crippen molar-refractivity contribution in [3.63, 3.8) is 0 Å². The molecule has 3 saturated heterocycles. The highest BCUT2D eigenvalue weighted by Gasteiger charge is 2.51. The van der Waals surface area contributed by atoms with E-state index in [1.54, 1.807) is 13.0 Å². The Kier molecular flexibility index (Phi) is 10.1. The third kappa shape index (κ3) is 6.69. The van der Waals surface area contributed by atoms with Gasteiger partial charge in [-0.15, -0.1) is 0 Å². The zero-order valence-electron chi connectivity index (χ0n) is 31.4. The molecular formula is C39H54FN7O5. The number of nitrogen functional groups attached to an aromatic ring is 1. The number of hydrogen-bond acceptors (Lipinski definition) is 12. The van der Waals surface area contributed by atoms with Gasteiger partial charge in [0.1, 0.15) is 28.0 Å². The minimum atomic E-state index is -1.19. The summed E-state index contributed by atoms with van der Waals surface area (Å²) in [5.41, 5.74) is 7.76. The predicted octanol–water partition coefficient (Wildman–Crippen LogP) is 5.59. The van der Waals surface area contributed by atoms with Crippen molar-refractivity contribution in [3.8, 4) is 23.1 Å². The highest BCUT2D eigenvalue weighted by atomic mass is 19.1. The molecule has 4 fully saturated rings. The Labute approximate surface area is 305 Å². The molecule has 3 aromatic rings. The highest BCUT2D eigenvalue weighted by Crippen LogP contribution is 2.50. The minimum Gasteiger partial charge on any atom is -0.480 e. The second-order valence-electron chi connectivity index (χ2n) is 15.9. The Balaban J connectivity index is 1.33. The van der Waals surface area contributed by atoms with Crippen molar-refractivity contribution in [2.24, 2.45) is 5.41 Å². The van der Waals surface area contributed by atoms with Gasteiger partial charge in [0.2, 0.25) is 5.88 Å². The van der Waals surface area contributed by atoms with E-state index < -0.39 is 11.4 Å². The van der Waals surface area contributed by atoms with Gasteiger partial charge in [-0.2, -0.15) is 9.97 Å². The van der Waals surface area contributed by atoms with Gasteiger partial charge in [-0.25, -0.2) is 9.37 Å². The van der Waals surface area contributed by atoms with Crippen molar-refractivity contribution in [2.75, 3.05) is 57.2 Å². The minimum absolute atomic E-state index is 0.0158. The van der Waals surface area contributed by atoms with Crippen LogP contribution in [0.1, 0.15) is 82.4 Å². The number of ether oxygens (including phenoxy) is 4. The number of rotatable bonds is 8. The fourth-order valence-corrected chi connectivity index (χ4v) is 9.54. The van der Waals surface area contributed by atoms with E-state index in [4.69, 9.17) is 45.0 Å². The molecule has 0 amide bonds. The Morgan fingerprint density at radius 2 is 1.88 bits per heavy atom. The van der Waals surface area contributed by atoms with Crippen molar-refractivity contribution in [1.82, 2.24) is 19.9 Å². The zero-order chi connectivity index (χ0) is 36.9. The molecule has 4 N–H and O–H groups in total. The summed E-state index contributed by atoms with van der Waals surface area (Å²) in [5.74, 6) is -0.225. The second kappa shape index (κ2) is 14.3. The first-order valence-electron chi connectivity index (χ1n) is 18.8. The topological polar surface area (TPSA) is 152 Å². The number of aliphatic hydroxyl groups is 1. The van der Waals surface area contributed by atoms with Gasteiger partial charge < -0.3 is 40.1 Å². The SMILES string of the molecule is COc1nc(-c2c(C)c(C)cc(N)c2C=N)c(F)c2nc(OCC34CCCC3N(C3CC(C)OC(C)C3)CCC4)nc(N3CCOCC(C)(O)C3)c12. The monoisotopic (exact) mass is 719 g/mol. The molecule has 0 bridgehead atoms. The maximum absolute atomic E-state index is 17.2. The number of halogens is 1. The van der Waals surface area contributed by atoms with Crippen LogP contribution in [0.2, 0.25) is 0 Å². The third-order valence-electron chi connectivity index (χ3n) is 11.9. The smallest absolute Gasteiger partial charge is 0.319 e. The van der Waals surface area contributed by atoms with E-state index in [-0.39, 0.29) is 59.3 Å². The van der Waals surface area contributed by atoms with E-state index >= 15 is 4.39 Å². The molecule has 3 aliphatic heterocycles. The van der Waals surface area contributed by atoms with E-state index in [9.17, 15) is 5.11 Å².